The van der Waals surface area contributed by atoms with Gasteiger partial charge in [-0.3, -0.25) is 0 Å². The van der Waals surface area contributed by atoms with E-state index in [-0.39, 0.29) is 0 Å². The molecule has 0 fully saturated rings. The molecular weight excluding hydrogens is 326 g/mol. The third-order valence-electron chi connectivity index (χ3n) is 5.11. The molecule has 0 aliphatic carbocycles. The van der Waals surface area contributed by atoms with Gasteiger partial charge in [0.05, 0.1) is 0 Å². The summed E-state index contributed by atoms with van der Waals surface area (Å²) >= 11 is 0. The van der Waals surface area contributed by atoms with Crippen LogP contribution in [0.1, 0.15) is 69.6 Å². The maximum atomic E-state index is 4.21. The molecule has 1 heteroatoms. The summed E-state index contributed by atoms with van der Waals surface area (Å²) in [5.41, 5.74) is 8.02. The second kappa shape index (κ2) is 13.3. The molecule has 0 unspecified atom stereocenters. The summed E-state index contributed by atoms with van der Waals surface area (Å²) in [6, 6.07) is 6.93. The van der Waals surface area contributed by atoms with E-state index >= 15 is 0 Å². The maximum absolute atomic E-state index is 4.21. The molecule has 0 radical (unpaired) electrons. The van der Waals surface area contributed by atoms with Crippen molar-refractivity contribution in [1.29, 1.82) is 0 Å². The standard InChI is InChI=1S/C26H39N/c1-7-10-11-12-25-16-14-24(19-23(25)6)20-27-18-17-26(22(5)9-3)15-13-21(4)8-2/h8,13-16,19,27H,2,5,7,9-12,17-18,20H2,1,3-4,6H3/b21-13+,26-15-. The van der Waals surface area contributed by atoms with Crippen LogP contribution in [-0.4, -0.2) is 6.54 Å². The van der Waals surface area contributed by atoms with E-state index in [4.69, 9.17) is 0 Å². The lowest BCUT2D eigenvalue weighted by molar-refractivity contribution is 0.683. The van der Waals surface area contributed by atoms with Crippen LogP contribution in [0.25, 0.3) is 0 Å². The molecule has 0 saturated carbocycles. The highest BCUT2D eigenvalue weighted by Gasteiger charge is 2.03. The number of nitrogens with one attached hydrogen (secondary N) is 1. The molecule has 0 aliphatic heterocycles. The van der Waals surface area contributed by atoms with Gasteiger partial charge in [0.15, 0.2) is 0 Å². The van der Waals surface area contributed by atoms with E-state index in [1.165, 1.54) is 59.1 Å². The molecule has 1 aromatic rings. The zero-order chi connectivity index (χ0) is 20.1. The third-order valence-corrected chi connectivity index (χ3v) is 5.11. The first-order valence-electron chi connectivity index (χ1n) is 10.5. The minimum atomic E-state index is 0.920. The molecule has 1 nitrogen and oxygen atoms in total. The highest BCUT2D eigenvalue weighted by molar-refractivity contribution is 5.34. The fourth-order valence-corrected chi connectivity index (χ4v) is 3.07. The van der Waals surface area contributed by atoms with Crippen molar-refractivity contribution in [2.45, 2.75) is 72.8 Å². The summed E-state index contributed by atoms with van der Waals surface area (Å²) in [7, 11) is 0. The molecule has 1 N–H and O–H groups in total. The number of rotatable bonds is 13. The Hall–Kier alpha value is -1.86. The first kappa shape index (κ1) is 23.2. The van der Waals surface area contributed by atoms with Crippen LogP contribution in [0.4, 0.5) is 0 Å². The minimum absolute atomic E-state index is 0.920. The van der Waals surface area contributed by atoms with Crippen molar-refractivity contribution in [3.8, 4) is 0 Å². The predicted molar refractivity (Wildman–Crippen MR) is 122 cm³/mol. The number of allylic oxidation sites excluding steroid dienone is 5. The highest BCUT2D eigenvalue weighted by Crippen LogP contribution is 2.17. The second-order valence-corrected chi connectivity index (χ2v) is 7.41. The van der Waals surface area contributed by atoms with E-state index in [2.05, 4.69) is 76.5 Å². The number of benzene rings is 1. The van der Waals surface area contributed by atoms with Gasteiger partial charge in [0.1, 0.15) is 0 Å². The fraction of sp³-hybridized carbons (Fsp3) is 0.462. The van der Waals surface area contributed by atoms with Crippen molar-refractivity contribution in [1.82, 2.24) is 5.32 Å². The van der Waals surface area contributed by atoms with Crippen LogP contribution in [0.15, 0.2) is 66.3 Å². The minimum Gasteiger partial charge on any atom is -0.312 e. The van der Waals surface area contributed by atoms with Crippen molar-refractivity contribution in [2.24, 2.45) is 0 Å². The monoisotopic (exact) mass is 365 g/mol. The average molecular weight is 366 g/mol. The first-order chi connectivity index (χ1) is 13.0. The van der Waals surface area contributed by atoms with Gasteiger partial charge in [-0.2, -0.15) is 0 Å². The molecule has 0 heterocycles. The Morgan fingerprint density at radius 3 is 2.56 bits per heavy atom. The van der Waals surface area contributed by atoms with Crippen LogP contribution >= 0.6 is 0 Å². The van der Waals surface area contributed by atoms with Gasteiger partial charge in [-0.1, -0.05) is 87.4 Å². The molecule has 0 bridgehead atoms. The molecular formula is C26H39N. The van der Waals surface area contributed by atoms with E-state index in [1.54, 1.807) is 0 Å². The van der Waals surface area contributed by atoms with E-state index in [1.807, 2.05) is 6.08 Å². The van der Waals surface area contributed by atoms with Crippen molar-refractivity contribution in [3.63, 3.8) is 0 Å². The lowest BCUT2D eigenvalue weighted by Gasteiger charge is -2.12. The molecule has 0 atom stereocenters. The fourth-order valence-electron chi connectivity index (χ4n) is 3.07. The van der Waals surface area contributed by atoms with Crippen molar-refractivity contribution in [2.75, 3.05) is 6.54 Å². The number of unbranched alkanes of at least 4 members (excludes halogenated alkanes) is 2. The van der Waals surface area contributed by atoms with E-state index in [0.29, 0.717) is 0 Å². The molecule has 27 heavy (non-hydrogen) atoms. The normalized spacial score (nSPS) is 12.3. The topological polar surface area (TPSA) is 12.0 Å². The van der Waals surface area contributed by atoms with Gasteiger partial charge in [-0.15, -0.1) is 0 Å². The van der Waals surface area contributed by atoms with Crippen molar-refractivity contribution >= 4 is 0 Å². The summed E-state index contributed by atoms with van der Waals surface area (Å²) in [5.74, 6) is 0. The van der Waals surface area contributed by atoms with Crippen LogP contribution in [0.3, 0.4) is 0 Å². The van der Waals surface area contributed by atoms with E-state index in [9.17, 15) is 0 Å². The predicted octanol–water partition coefficient (Wildman–Crippen LogP) is 7.23. The molecule has 0 aromatic heterocycles. The second-order valence-electron chi connectivity index (χ2n) is 7.41. The molecule has 0 saturated heterocycles. The first-order valence-corrected chi connectivity index (χ1v) is 10.5. The van der Waals surface area contributed by atoms with Crippen LogP contribution in [0.2, 0.25) is 0 Å². The SMILES string of the molecule is C=C/C(C)=C/C=C(/CCNCc1ccc(CCCCC)c(C)c1)C(=C)CC. The summed E-state index contributed by atoms with van der Waals surface area (Å²) in [6.07, 6.45) is 13.3. The lowest BCUT2D eigenvalue weighted by Crippen LogP contribution is -2.15. The Kier molecular flexibility index (Phi) is 11.4. The van der Waals surface area contributed by atoms with Crippen LogP contribution in [0.5, 0.6) is 0 Å². The van der Waals surface area contributed by atoms with E-state index in [0.717, 1.165) is 25.9 Å². The number of aryl methyl sites for hydroxylation is 2. The Labute approximate surface area is 168 Å². The third kappa shape index (κ3) is 9.06. The highest BCUT2D eigenvalue weighted by atomic mass is 14.8. The average Bonchev–Trinajstić information content (AvgIpc) is 2.68. The zero-order valence-electron chi connectivity index (χ0n) is 18.0. The number of hydrogen-bond acceptors (Lipinski definition) is 1. The molecule has 0 aliphatic rings. The van der Waals surface area contributed by atoms with Gasteiger partial charge < -0.3 is 5.32 Å². The quantitative estimate of drug-likeness (QED) is 0.287. The Bertz CT molecular complexity index is 661. The largest absolute Gasteiger partial charge is 0.312 e. The van der Waals surface area contributed by atoms with Crippen molar-refractivity contribution in [3.05, 3.63) is 83.0 Å². The summed E-state index contributed by atoms with van der Waals surface area (Å²) in [6.45, 7) is 18.6. The van der Waals surface area contributed by atoms with Gasteiger partial charge in [-0.25, -0.2) is 0 Å². The van der Waals surface area contributed by atoms with Gasteiger partial charge >= 0.3 is 0 Å². The van der Waals surface area contributed by atoms with Gasteiger partial charge in [0, 0.05) is 6.54 Å². The van der Waals surface area contributed by atoms with Gasteiger partial charge in [0.25, 0.3) is 0 Å². The van der Waals surface area contributed by atoms with Gasteiger partial charge in [-0.05, 0) is 68.3 Å². The molecule has 1 rings (SSSR count). The zero-order valence-corrected chi connectivity index (χ0v) is 18.0. The Balaban J connectivity index is 2.54. The summed E-state index contributed by atoms with van der Waals surface area (Å²) < 4.78 is 0. The van der Waals surface area contributed by atoms with Gasteiger partial charge in [0.2, 0.25) is 0 Å². The lowest BCUT2D eigenvalue weighted by atomic mass is 9.99. The molecule has 0 spiro atoms. The van der Waals surface area contributed by atoms with E-state index < -0.39 is 0 Å². The van der Waals surface area contributed by atoms with Crippen LogP contribution in [0, 0.1) is 6.92 Å². The number of hydrogen-bond donors (Lipinski definition) is 1. The van der Waals surface area contributed by atoms with Crippen LogP contribution in [-0.2, 0) is 13.0 Å². The smallest absolute Gasteiger partial charge is 0.0205 e. The maximum Gasteiger partial charge on any atom is 0.0205 e. The van der Waals surface area contributed by atoms with Crippen molar-refractivity contribution < 1.29 is 0 Å². The Morgan fingerprint density at radius 2 is 1.93 bits per heavy atom. The summed E-state index contributed by atoms with van der Waals surface area (Å²) in [4.78, 5) is 0. The summed E-state index contributed by atoms with van der Waals surface area (Å²) in [5, 5.41) is 3.59. The molecule has 1 aromatic carbocycles. The Morgan fingerprint density at radius 1 is 1.15 bits per heavy atom. The van der Waals surface area contributed by atoms with Crippen LogP contribution < -0.4 is 5.32 Å². The molecule has 148 valence electrons. The molecule has 0 amide bonds.